The van der Waals surface area contributed by atoms with E-state index in [1.54, 1.807) is 24.3 Å². The lowest BCUT2D eigenvalue weighted by atomic mass is 10.1. The predicted octanol–water partition coefficient (Wildman–Crippen LogP) is 3.59. The second-order valence-corrected chi connectivity index (χ2v) is 12.2. The highest BCUT2D eigenvalue weighted by atomic mass is 32.2. The van der Waals surface area contributed by atoms with Crippen molar-refractivity contribution < 1.29 is 21.6 Å². The van der Waals surface area contributed by atoms with E-state index in [1.807, 2.05) is 18.2 Å². The monoisotopic (exact) mass is 471 g/mol. The number of benzene rings is 3. The van der Waals surface area contributed by atoms with Crippen LogP contribution in [-0.4, -0.2) is 34.2 Å². The van der Waals surface area contributed by atoms with Crippen LogP contribution in [0.5, 0.6) is 5.75 Å². The first kappa shape index (κ1) is 22.5. The molecular formula is C24H25NO5S2. The van der Waals surface area contributed by atoms with Crippen molar-refractivity contribution in [1.29, 1.82) is 0 Å². The van der Waals surface area contributed by atoms with E-state index in [0.29, 0.717) is 6.54 Å². The smallest absolute Gasteiger partial charge is 0.179 e. The zero-order valence-electron chi connectivity index (χ0n) is 18.0. The quantitative estimate of drug-likeness (QED) is 0.524. The van der Waals surface area contributed by atoms with Gasteiger partial charge in [-0.2, -0.15) is 0 Å². The number of sulfone groups is 2. The summed E-state index contributed by atoms with van der Waals surface area (Å²) in [6, 6.07) is 19.9. The van der Waals surface area contributed by atoms with E-state index in [2.05, 4.69) is 17.0 Å². The van der Waals surface area contributed by atoms with Crippen LogP contribution in [0.25, 0.3) is 0 Å². The second kappa shape index (κ2) is 8.69. The van der Waals surface area contributed by atoms with Gasteiger partial charge in [0.05, 0.1) is 4.90 Å². The van der Waals surface area contributed by atoms with Crippen LogP contribution in [0.15, 0.2) is 76.5 Å². The van der Waals surface area contributed by atoms with Gasteiger partial charge < -0.3 is 4.74 Å². The third-order valence-corrected chi connectivity index (χ3v) is 7.71. The van der Waals surface area contributed by atoms with Crippen LogP contribution in [0, 0.1) is 0 Å². The lowest BCUT2D eigenvalue weighted by Gasteiger charge is -2.17. The molecule has 0 aromatic heterocycles. The van der Waals surface area contributed by atoms with Gasteiger partial charge in [-0.1, -0.05) is 42.5 Å². The van der Waals surface area contributed by atoms with Gasteiger partial charge in [-0.05, 0) is 46.5 Å². The summed E-state index contributed by atoms with van der Waals surface area (Å²) in [7, 11) is -6.77. The molecule has 1 aliphatic rings. The van der Waals surface area contributed by atoms with Gasteiger partial charge in [0.25, 0.3) is 0 Å². The summed E-state index contributed by atoms with van der Waals surface area (Å²) in [6.45, 7) is 2.45. The highest BCUT2D eigenvalue weighted by Crippen LogP contribution is 2.29. The Kier molecular flexibility index (Phi) is 6.11. The highest BCUT2D eigenvalue weighted by molar-refractivity contribution is 7.91. The maximum absolute atomic E-state index is 12.4. The number of rotatable bonds is 7. The molecule has 3 aromatic rings. The highest BCUT2D eigenvalue weighted by Gasteiger charge is 2.21. The Hall–Kier alpha value is -2.68. The van der Waals surface area contributed by atoms with E-state index in [1.165, 1.54) is 29.5 Å². The summed E-state index contributed by atoms with van der Waals surface area (Å²) in [5, 5.41) is 0. The molecule has 0 spiro atoms. The topological polar surface area (TPSA) is 80.8 Å². The Bertz CT molecular complexity index is 1320. The van der Waals surface area contributed by atoms with Crippen LogP contribution in [-0.2, 0) is 45.9 Å². The van der Waals surface area contributed by atoms with Crippen LogP contribution >= 0.6 is 0 Å². The summed E-state index contributed by atoms with van der Waals surface area (Å²) >= 11 is 0. The molecule has 0 unspecified atom stereocenters. The average Bonchev–Trinajstić information content (AvgIpc) is 3.14. The zero-order chi connectivity index (χ0) is 22.9. The maximum atomic E-state index is 12.4. The maximum Gasteiger partial charge on any atom is 0.179 e. The molecule has 3 aromatic carbocycles. The van der Waals surface area contributed by atoms with Gasteiger partial charge in [0.2, 0.25) is 0 Å². The first-order valence-electron chi connectivity index (χ1n) is 10.1. The lowest BCUT2D eigenvalue weighted by Crippen LogP contribution is -2.16. The molecule has 0 atom stereocenters. The molecule has 4 rings (SSSR count). The molecule has 0 saturated carbocycles. The van der Waals surface area contributed by atoms with E-state index >= 15 is 0 Å². The molecule has 0 aliphatic carbocycles. The number of fused-ring (bicyclic) bond motifs is 1. The van der Waals surface area contributed by atoms with E-state index < -0.39 is 19.7 Å². The number of hydrogen-bond donors (Lipinski definition) is 0. The van der Waals surface area contributed by atoms with Crippen molar-refractivity contribution in [2.24, 2.45) is 0 Å². The predicted molar refractivity (Wildman–Crippen MR) is 123 cm³/mol. The Morgan fingerprint density at radius 3 is 1.94 bits per heavy atom. The fourth-order valence-electron chi connectivity index (χ4n) is 3.83. The molecule has 6 nitrogen and oxygen atoms in total. The number of nitrogens with zero attached hydrogens (tertiary/aromatic N) is 1. The van der Waals surface area contributed by atoms with Gasteiger partial charge in [-0.3, -0.25) is 4.90 Å². The summed E-state index contributed by atoms with van der Waals surface area (Å²) < 4.78 is 53.9. The minimum atomic E-state index is -3.50. The van der Waals surface area contributed by atoms with Crippen LogP contribution in [0.3, 0.4) is 0 Å². The largest absolute Gasteiger partial charge is 0.488 e. The van der Waals surface area contributed by atoms with Crippen molar-refractivity contribution >= 4 is 19.7 Å². The van der Waals surface area contributed by atoms with Gasteiger partial charge in [-0.15, -0.1) is 0 Å². The second-order valence-electron chi connectivity index (χ2n) is 8.17. The molecule has 0 fully saturated rings. The van der Waals surface area contributed by atoms with E-state index in [4.69, 9.17) is 4.74 Å². The SMILES string of the molecule is CS(=O)(=O)c1ccc(COc2ccc(CN3Cc4ccccc4C3)cc2S(C)(=O)=O)cc1. The van der Waals surface area contributed by atoms with Crippen molar-refractivity contribution in [2.45, 2.75) is 36.0 Å². The van der Waals surface area contributed by atoms with Crippen molar-refractivity contribution in [1.82, 2.24) is 4.90 Å². The van der Waals surface area contributed by atoms with Crippen LogP contribution in [0.1, 0.15) is 22.3 Å². The molecular weight excluding hydrogens is 446 g/mol. The van der Waals surface area contributed by atoms with Crippen molar-refractivity contribution in [2.75, 3.05) is 12.5 Å². The molecule has 1 heterocycles. The Morgan fingerprint density at radius 2 is 1.38 bits per heavy atom. The molecule has 1 aliphatic heterocycles. The van der Waals surface area contributed by atoms with Crippen molar-refractivity contribution in [3.05, 3.63) is 89.0 Å². The summed E-state index contributed by atoms with van der Waals surface area (Å²) in [4.78, 5) is 2.65. The average molecular weight is 472 g/mol. The Morgan fingerprint density at radius 1 is 0.781 bits per heavy atom. The summed E-state index contributed by atoms with van der Waals surface area (Å²) in [5.74, 6) is 0.285. The first-order valence-corrected chi connectivity index (χ1v) is 13.9. The zero-order valence-corrected chi connectivity index (χ0v) is 19.6. The summed E-state index contributed by atoms with van der Waals surface area (Å²) in [6.07, 6.45) is 2.32. The lowest BCUT2D eigenvalue weighted by molar-refractivity contribution is 0.274. The van der Waals surface area contributed by atoms with Crippen LogP contribution in [0.4, 0.5) is 0 Å². The fourth-order valence-corrected chi connectivity index (χ4v) is 5.32. The van der Waals surface area contributed by atoms with Gasteiger partial charge >= 0.3 is 0 Å². The van der Waals surface area contributed by atoms with Crippen LogP contribution in [0.2, 0.25) is 0 Å². The fraction of sp³-hybridized carbons (Fsp3) is 0.250. The van der Waals surface area contributed by atoms with Gasteiger partial charge in [-0.25, -0.2) is 16.8 Å². The standard InChI is InChI=1S/C24H25NO5S2/c1-31(26,27)22-10-7-18(8-11-22)17-30-23-12-9-19(13-24(23)32(2,28)29)14-25-15-20-5-3-4-6-21(20)16-25/h3-13H,14-17H2,1-2H3. The Balaban J connectivity index is 1.49. The van der Waals surface area contributed by atoms with Gasteiger partial charge in [0, 0.05) is 32.1 Å². The minimum Gasteiger partial charge on any atom is -0.488 e. The van der Waals surface area contributed by atoms with E-state index in [9.17, 15) is 16.8 Å². The molecule has 0 radical (unpaired) electrons. The third kappa shape index (κ3) is 5.20. The molecule has 0 bridgehead atoms. The molecule has 8 heteroatoms. The molecule has 168 valence electrons. The molecule has 0 saturated heterocycles. The normalized spacial score (nSPS) is 14.3. The van der Waals surface area contributed by atoms with Gasteiger partial charge in [0.1, 0.15) is 17.3 Å². The van der Waals surface area contributed by atoms with Crippen LogP contribution < -0.4 is 4.74 Å². The minimum absolute atomic E-state index is 0.132. The van der Waals surface area contributed by atoms with E-state index in [-0.39, 0.29) is 22.1 Å². The van der Waals surface area contributed by atoms with Gasteiger partial charge in [0.15, 0.2) is 19.7 Å². The number of ether oxygens (including phenoxy) is 1. The molecule has 0 N–H and O–H groups in total. The Labute approximate surface area is 189 Å². The summed E-state index contributed by atoms with van der Waals surface area (Å²) in [5.41, 5.74) is 4.26. The third-order valence-electron chi connectivity index (χ3n) is 5.47. The first-order chi connectivity index (χ1) is 15.1. The number of hydrogen-bond acceptors (Lipinski definition) is 6. The van der Waals surface area contributed by atoms with E-state index in [0.717, 1.165) is 30.5 Å². The van der Waals surface area contributed by atoms with Crippen molar-refractivity contribution in [3.8, 4) is 5.75 Å². The molecule has 0 amide bonds. The molecule has 32 heavy (non-hydrogen) atoms. The van der Waals surface area contributed by atoms with Crippen molar-refractivity contribution in [3.63, 3.8) is 0 Å².